The van der Waals surface area contributed by atoms with Crippen LogP contribution < -0.4 is 5.32 Å². The number of nitrogens with zero attached hydrogens (tertiary/aromatic N) is 3. The highest BCUT2D eigenvalue weighted by molar-refractivity contribution is 5.44. The van der Waals surface area contributed by atoms with E-state index in [0.29, 0.717) is 11.9 Å². The molecule has 0 bridgehead atoms. The number of fused-ring (bicyclic) bond motifs is 1. The molecular formula is C13H18N4O. The van der Waals surface area contributed by atoms with Crippen molar-refractivity contribution in [2.24, 2.45) is 5.92 Å². The minimum Gasteiger partial charge on any atom is -0.381 e. The number of hydrogen-bond donors (Lipinski definition) is 1. The molecule has 3 heterocycles. The molecule has 1 N–H and O–H groups in total. The molecule has 2 aromatic rings. The summed E-state index contributed by atoms with van der Waals surface area (Å²) in [5.74, 6) is 1.39. The Morgan fingerprint density at radius 2 is 2.22 bits per heavy atom. The van der Waals surface area contributed by atoms with Crippen LogP contribution in [0.2, 0.25) is 0 Å². The smallest absolute Gasteiger partial charge is 0.243 e. The summed E-state index contributed by atoms with van der Waals surface area (Å²) in [7, 11) is 0. The van der Waals surface area contributed by atoms with E-state index in [1.54, 1.807) is 0 Å². The van der Waals surface area contributed by atoms with Crippen molar-refractivity contribution in [3.8, 4) is 0 Å². The van der Waals surface area contributed by atoms with Crippen molar-refractivity contribution in [2.45, 2.75) is 19.8 Å². The number of nitrogens with one attached hydrogen (secondary N) is 1. The van der Waals surface area contributed by atoms with Gasteiger partial charge in [0.2, 0.25) is 5.95 Å². The number of pyridine rings is 1. The molecule has 0 amide bonds. The van der Waals surface area contributed by atoms with Gasteiger partial charge < -0.3 is 10.1 Å². The fraction of sp³-hybridized carbons (Fsp3) is 0.538. The zero-order chi connectivity index (χ0) is 12.4. The number of aryl methyl sites for hydroxylation is 1. The minimum atomic E-state index is 0.673. The first-order chi connectivity index (χ1) is 8.81. The summed E-state index contributed by atoms with van der Waals surface area (Å²) in [6, 6.07) is 4.04. The summed E-state index contributed by atoms with van der Waals surface area (Å²) in [5.41, 5.74) is 2.07. The predicted octanol–water partition coefficient (Wildman–Crippen LogP) is 1.88. The lowest BCUT2D eigenvalue weighted by Gasteiger charge is -2.21. The van der Waals surface area contributed by atoms with E-state index >= 15 is 0 Å². The van der Waals surface area contributed by atoms with Crippen LogP contribution in [0.5, 0.6) is 0 Å². The van der Waals surface area contributed by atoms with Crippen LogP contribution in [-0.4, -0.2) is 34.4 Å². The van der Waals surface area contributed by atoms with Gasteiger partial charge in [-0.25, -0.2) is 4.52 Å². The highest BCUT2D eigenvalue weighted by atomic mass is 16.5. The quantitative estimate of drug-likeness (QED) is 0.898. The predicted molar refractivity (Wildman–Crippen MR) is 69.8 cm³/mol. The zero-order valence-electron chi connectivity index (χ0n) is 10.6. The fourth-order valence-corrected chi connectivity index (χ4v) is 2.25. The molecule has 0 spiro atoms. The largest absolute Gasteiger partial charge is 0.381 e. The molecule has 1 fully saturated rings. The molecule has 0 aromatic carbocycles. The summed E-state index contributed by atoms with van der Waals surface area (Å²) in [4.78, 5) is 4.45. The molecule has 1 aliphatic heterocycles. The van der Waals surface area contributed by atoms with Crippen molar-refractivity contribution in [3.63, 3.8) is 0 Å². The molecule has 5 nitrogen and oxygen atoms in total. The Bertz CT molecular complexity index is 531. The maximum absolute atomic E-state index is 5.35. The van der Waals surface area contributed by atoms with Crippen LogP contribution in [0.15, 0.2) is 18.3 Å². The number of rotatable bonds is 3. The van der Waals surface area contributed by atoms with Gasteiger partial charge in [-0.1, -0.05) is 6.07 Å². The maximum Gasteiger partial charge on any atom is 0.243 e. The Morgan fingerprint density at radius 1 is 1.39 bits per heavy atom. The summed E-state index contributed by atoms with van der Waals surface area (Å²) >= 11 is 0. The third-order valence-corrected chi connectivity index (χ3v) is 3.37. The Kier molecular flexibility index (Phi) is 3.15. The molecule has 0 aliphatic carbocycles. The zero-order valence-corrected chi connectivity index (χ0v) is 10.6. The fourth-order valence-electron chi connectivity index (χ4n) is 2.25. The van der Waals surface area contributed by atoms with Crippen molar-refractivity contribution in [2.75, 3.05) is 25.1 Å². The van der Waals surface area contributed by atoms with Gasteiger partial charge in [0.05, 0.1) is 0 Å². The third-order valence-electron chi connectivity index (χ3n) is 3.37. The highest BCUT2D eigenvalue weighted by Crippen LogP contribution is 2.15. The van der Waals surface area contributed by atoms with E-state index < -0.39 is 0 Å². The van der Waals surface area contributed by atoms with Gasteiger partial charge in [-0.2, -0.15) is 4.98 Å². The van der Waals surface area contributed by atoms with Crippen LogP contribution >= 0.6 is 0 Å². The Balaban J connectivity index is 1.67. The second-order valence-electron chi connectivity index (χ2n) is 4.88. The van der Waals surface area contributed by atoms with Crippen molar-refractivity contribution in [3.05, 3.63) is 23.9 Å². The Hall–Kier alpha value is -1.62. The molecule has 0 radical (unpaired) electrons. The van der Waals surface area contributed by atoms with Crippen molar-refractivity contribution >= 4 is 11.6 Å². The van der Waals surface area contributed by atoms with Crippen LogP contribution in [0.25, 0.3) is 5.65 Å². The average molecular weight is 246 g/mol. The molecule has 2 aromatic heterocycles. The van der Waals surface area contributed by atoms with Crippen molar-refractivity contribution in [1.82, 2.24) is 14.6 Å². The van der Waals surface area contributed by atoms with Crippen LogP contribution in [-0.2, 0) is 4.74 Å². The highest BCUT2D eigenvalue weighted by Gasteiger charge is 2.14. The van der Waals surface area contributed by atoms with Gasteiger partial charge in [0, 0.05) is 26.0 Å². The van der Waals surface area contributed by atoms with E-state index in [2.05, 4.69) is 22.3 Å². The summed E-state index contributed by atoms with van der Waals surface area (Å²) < 4.78 is 7.17. The Labute approximate surface area is 106 Å². The van der Waals surface area contributed by atoms with E-state index in [0.717, 1.165) is 38.2 Å². The lowest BCUT2D eigenvalue weighted by atomic mass is 10.0. The minimum absolute atomic E-state index is 0.673. The maximum atomic E-state index is 5.35. The van der Waals surface area contributed by atoms with Gasteiger partial charge in [0.25, 0.3) is 0 Å². The number of ether oxygens (including phenoxy) is 1. The van der Waals surface area contributed by atoms with Crippen molar-refractivity contribution in [1.29, 1.82) is 0 Å². The molecule has 5 heteroatoms. The summed E-state index contributed by atoms with van der Waals surface area (Å²) in [6.45, 7) is 4.74. The number of anilines is 1. The number of hydrogen-bond acceptors (Lipinski definition) is 4. The van der Waals surface area contributed by atoms with E-state index in [1.807, 2.05) is 22.8 Å². The average Bonchev–Trinajstić information content (AvgIpc) is 2.79. The molecule has 0 atom stereocenters. The summed E-state index contributed by atoms with van der Waals surface area (Å²) in [5, 5.41) is 7.75. The second kappa shape index (κ2) is 4.94. The van der Waals surface area contributed by atoms with E-state index in [4.69, 9.17) is 4.74 Å². The SMILES string of the molecule is Cc1ccc2nc(NCC3CCOCC3)nn2c1. The molecule has 3 rings (SSSR count). The van der Waals surface area contributed by atoms with Crippen molar-refractivity contribution < 1.29 is 4.74 Å². The standard InChI is InChI=1S/C13H18N4O/c1-10-2-3-12-15-13(16-17(12)9-10)14-8-11-4-6-18-7-5-11/h2-3,9,11H,4-8H2,1H3,(H,14,16). The molecule has 0 saturated carbocycles. The molecule has 1 saturated heterocycles. The molecule has 0 unspecified atom stereocenters. The first kappa shape index (κ1) is 11.5. The molecule has 1 aliphatic rings. The normalized spacial score (nSPS) is 17.2. The Morgan fingerprint density at radius 3 is 3.06 bits per heavy atom. The lowest BCUT2D eigenvalue weighted by Crippen LogP contribution is -2.22. The van der Waals surface area contributed by atoms with Crippen LogP contribution in [0.1, 0.15) is 18.4 Å². The number of aromatic nitrogens is 3. The molecule has 96 valence electrons. The molecular weight excluding hydrogens is 228 g/mol. The van der Waals surface area contributed by atoms with Crippen LogP contribution in [0.4, 0.5) is 5.95 Å². The monoisotopic (exact) mass is 246 g/mol. The van der Waals surface area contributed by atoms with E-state index in [-0.39, 0.29) is 0 Å². The lowest BCUT2D eigenvalue weighted by molar-refractivity contribution is 0.0699. The first-order valence-electron chi connectivity index (χ1n) is 6.46. The van der Waals surface area contributed by atoms with Gasteiger partial charge in [-0.3, -0.25) is 0 Å². The van der Waals surface area contributed by atoms with Gasteiger partial charge in [-0.05, 0) is 37.3 Å². The summed E-state index contributed by atoms with van der Waals surface area (Å²) in [6.07, 6.45) is 4.24. The van der Waals surface area contributed by atoms with Gasteiger partial charge in [-0.15, -0.1) is 5.10 Å². The molecule has 18 heavy (non-hydrogen) atoms. The first-order valence-corrected chi connectivity index (χ1v) is 6.46. The van der Waals surface area contributed by atoms with Crippen LogP contribution in [0.3, 0.4) is 0 Å². The second-order valence-corrected chi connectivity index (χ2v) is 4.88. The topological polar surface area (TPSA) is 51.5 Å². The van der Waals surface area contributed by atoms with Gasteiger partial charge in [0.1, 0.15) is 0 Å². The third kappa shape index (κ3) is 2.46. The van der Waals surface area contributed by atoms with Gasteiger partial charge in [0.15, 0.2) is 5.65 Å². The van der Waals surface area contributed by atoms with Crippen LogP contribution in [0, 0.1) is 12.8 Å². The van der Waals surface area contributed by atoms with E-state index in [9.17, 15) is 0 Å². The van der Waals surface area contributed by atoms with E-state index in [1.165, 1.54) is 5.56 Å². The van der Waals surface area contributed by atoms with Gasteiger partial charge >= 0.3 is 0 Å².